The molecule has 36 heavy (non-hydrogen) atoms. The zero-order valence-corrected chi connectivity index (χ0v) is 21.0. The Hall–Kier alpha value is -3.69. The van der Waals surface area contributed by atoms with Gasteiger partial charge in [0.15, 0.2) is 16.6 Å². The van der Waals surface area contributed by atoms with E-state index in [1.54, 1.807) is 39.8 Å². The van der Waals surface area contributed by atoms with Crippen LogP contribution in [-0.2, 0) is 10.3 Å². The molecular formula is C27H25FN2O5S. The zero-order valence-electron chi connectivity index (χ0n) is 20.2. The molecule has 0 spiro atoms. The minimum Gasteiger partial charge on any atom is -0.454 e. The third-order valence-electron chi connectivity index (χ3n) is 5.75. The lowest BCUT2D eigenvalue weighted by molar-refractivity contribution is 0.0636. The number of halogens is 1. The van der Waals surface area contributed by atoms with Crippen LogP contribution in [0.4, 0.5) is 14.3 Å². The van der Waals surface area contributed by atoms with E-state index >= 15 is 0 Å². The Morgan fingerprint density at radius 1 is 1.03 bits per heavy atom. The van der Waals surface area contributed by atoms with Crippen molar-refractivity contribution >= 4 is 32.8 Å². The van der Waals surface area contributed by atoms with Gasteiger partial charge in [-0.1, -0.05) is 29.5 Å². The Bertz CT molecular complexity index is 1460. The van der Waals surface area contributed by atoms with Crippen LogP contribution in [0.5, 0.6) is 11.5 Å². The third kappa shape index (κ3) is 4.72. The fourth-order valence-corrected chi connectivity index (χ4v) is 4.90. The number of ether oxygens (including phenoxy) is 3. The number of aliphatic hydroxyl groups is 1. The maximum Gasteiger partial charge on any atom is 0.413 e. The first-order valence-electron chi connectivity index (χ1n) is 11.3. The van der Waals surface area contributed by atoms with Crippen molar-refractivity contribution in [3.63, 3.8) is 0 Å². The van der Waals surface area contributed by atoms with Crippen molar-refractivity contribution in [1.82, 2.24) is 4.98 Å². The summed E-state index contributed by atoms with van der Waals surface area (Å²) in [4.78, 5) is 17.0. The van der Waals surface area contributed by atoms with Crippen molar-refractivity contribution in [3.05, 3.63) is 71.5 Å². The number of carbonyl (C=O) groups excluding carboxylic acids is 1. The summed E-state index contributed by atoms with van der Waals surface area (Å²) < 4.78 is 30.6. The first-order valence-corrected chi connectivity index (χ1v) is 12.1. The highest BCUT2D eigenvalue weighted by Gasteiger charge is 2.29. The van der Waals surface area contributed by atoms with Crippen LogP contribution in [0.3, 0.4) is 0 Å². The first-order chi connectivity index (χ1) is 17.0. The number of rotatable bonds is 4. The summed E-state index contributed by atoms with van der Waals surface area (Å²) in [7, 11) is 0. The lowest BCUT2D eigenvalue weighted by atomic mass is 9.86. The largest absolute Gasteiger partial charge is 0.454 e. The van der Waals surface area contributed by atoms with E-state index in [9.17, 15) is 14.3 Å². The molecule has 1 amide bonds. The van der Waals surface area contributed by atoms with Gasteiger partial charge in [0.2, 0.25) is 6.79 Å². The molecule has 2 heterocycles. The topological polar surface area (TPSA) is 89.9 Å². The average molecular weight is 509 g/mol. The van der Waals surface area contributed by atoms with E-state index in [4.69, 9.17) is 14.2 Å². The highest BCUT2D eigenvalue weighted by atomic mass is 32.1. The zero-order chi connectivity index (χ0) is 25.7. The molecule has 1 atom stereocenters. The van der Waals surface area contributed by atoms with E-state index in [0.717, 1.165) is 15.8 Å². The summed E-state index contributed by atoms with van der Waals surface area (Å²) >= 11 is 1.26. The summed E-state index contributed by atoms with van der Waals surface area (Å²) in [5.41, 5.74) is 1.23. The monoisotopic (exact) mass is 508 g/mol. The molecule has 0 fully saturated rings. The van der Waals surface area contributed by atoms with Gasteiger partial charge in [0, 0.05) is 5.56 Å². The second kappa shape index (κ2) is 8.76. The minimum atomic E-state index is -1.42. The molecule has 186 valence electrons. The molecule has 0 radical (unpaired) electrons. The maximum absolute atomic E-state index is 13.5. The van der Waals surface area contributed by atoms with Gasteiger partial charge in [-0.2, -0.15) is 0 Å². The number of fused-ring (bicyclic) bond motifs is 2. The summed E-state index contributed by atoms with van der Waals surface area (Å²) in [5.74, 6) is 0.875. The number of anilines is 1. The molecule has 0 aliphatic carbocycles. The fourth-order valence-electron chi connectivity index (χ4n) is 3.98. The number of carbonyl (C=O) groups is 1. The van der Waals surface area contributed by atoms with Crippen LogP contribution in [0.2, 0.25) is 0 Å². The molecule has 4 aromatic rings. The molecule has 9 heteroatoms. The van der Waals surface area contributed by atoms with Gasteiger partial charge in [0.1, 0.15) is 17.0 Å². The van der Waals surface area contributed by atoms with Crippen molar-refractivity contribution in [1.29, 1.82) is 0 Å². The van der Waals surface area contributed by atoms with Crippen molar-refractivity contribution in [3.8, 4) is 22.6 Å². The molecule has 0 saturated heterocycles. The smallest absolute Gasteiger partial charge is 0.413 e. The standard InChI is InChI=1S/C27H25FN2O5S/c1-26(2,3)35-25(31)30-24-29-23-19(15-5-10-20-21(11-15)34-14-33-20)12-17(13-22(23)36-24)27(4,32)16-6-8-18(28)9-7-16/h5-13,32H,14H2,1-4H3,(H,29,30,31). The number of hydrogen-bond acceptors (Lipinski definition) is 7. The lowest BCUT2D eigenvalue weighted by Gasteiger charge is -2.25. The van der Waals surface area contributed by atoms with Crippen LogP contribution in [-0.4, -0.2) is 28.6 Å². The second-order valence-corrected chi connectivity index (χ2v) is 10.7. The summed E-state index contributed by atoms with van der Waals surface area (Å²) in [6.45, 7) is 7.16. The Balaban J connectivity index is 1.63. The highest BCUT2D eigenvalue weighted by molar-refractivity contribution is 7.22. The summed E-state index contributed by atoms with van der Waals surface area (Å²) in [5, 5.41) is 14.6. The molecule has 0 saturated carbocycles. The highest BCUT2D eigenvalue weighted by Crippen LogP contribution is 2.42. The molecule has 1 aliphatic heterocycles. The predicted octanol–water partition coefficient (Wildman–Crippen LogP) is 6.43. The van der Waals surface area contributed by atoms with Crippen molar-refractivity contribution < 1.29 is 28.5 Å². The SMILES string of the molecule is CC(C)(C)OC(=O)Nc1nc2c(-c3ccc4c(c3)OCO4)cc(C(C)(O)c3ccc(F)cc3)cc2s1. The van der Waals surface area contributed by atoms with Gasteiger partial charge in [-0.25, -0.2) is 14.2 Å². The summed E-state index contributed by atoms with van der Waals surface area (Å²) in [6.07, 6.45) is -0.607. The van der Waals surface area contributed by atoms with Crippen molar-refractivity contribution in [2.75, 3.05) is 12.1 Å². The average Bonchev–Trinajstić information content (AvgIpc) is 3.43. The number of amides is 1. The Morgan fingerprint density at radius 2 is 1.75 bits per heavy atom. The van der Waals surface area contributed by atoms with Crippen LogP contribution >= 0.6 is 11.3 Å². The van der Waals surface area contributed by atoms with Gasteiger partial charge in [-0.05, 0) is 80.8 Å². The van der Waals surface area contributed by atoms with Crippen LogP contribution in [0, 0.1) is 5.82 Å². The maximum atomic E-state index is 13.5. The van der Waals surface area contributed by atoms with Gasteiger partial charge < -0.3 is 19.3 Å². The first kappa shape index (κ1) is 24.0. The minimum absolute atomic E-state index is 0.147. The Morgan fingerprint density at radius 3 is 2.47 bits per heavy atom. The van der Waals surface area contributed by atoms with E-state index in [2.05, 4.69) is 10.3 Å². The number of aromatic nitrogens is 1. The van der Waals surface area contributed by atoms with Crippen molar-refractivity contribution in [2.45, 2.75) is 38.9 Å². The quantitative estimate of drug-likeness (QED) is 0.330. The molecule has 1 unspecified atom stereocenters. The molecule has 1 aliphatic rings. The van der Waals surface area contributed by atoms with Crippen LogP contribution in [0.25, 0.3) is 21.3 Å². The van der Waals surface area contributed by atoms with E-state index in [-0.39, 0.29) is 12.6 Å². The molecule has 0 bridgehead atoms. The normalized spacial score (nSPS) is 14.5. The molecule has 5 rings (SSSR count). The number of thiazole rings is 1. The second-order valence-electron chi connectivity index (χ2n) is 9.66. The van der Waals surface area contributed by atoms with E-state index in [1.165, 1.54) is 23.5 Å². The van der Waals surface area contributed by atoms with E-state index in [1.807, 2.05) is 30.3 Å². The van der Waals surface area contributed by atoms with Crippen molar-refractivity contribution in [2.24, 2.45) is 0 Å². The van der Waals surface area contributed by atoms with Gasteiger partial charge in [0.25, 0.3) is 0 Å². The Kier molecular flexibility index (Phi) is 5.84. The third-order valence-corrected chi connectivity index (χ3v) is 6.67. The number of benzene rings is 3. The fraction of sp³-hybridized carbons (Fsp3) is 0.259. The van der Waals surface area contributed by atoms with Crippen LogP contribution in [0.1, 0.15) is 38.8 Å². The van der Waals surface area contributed by atoms with Gasteiger partial charge >= 0.3 is 6.09 Å². The number of nitrogens with one attached hydrogen (secondary N) is 1. The number of nitrogens with zero attached hydrogens (tertiary/aromatic N) is 1. The van der Waals surface area contributed by atoms with E-state index < -0.39 is 17.3 Å². The van der Waals surface area contributed by atoms with E-state index in [0.29, 0.717) is 33.3 Å². The molecule has 1 aromatic heterocycles. The van der Waals surface area contributed by atoms with Gasteiger partial charge in [-0.15, -0.1) is 0 Å². The molecule has 3 aromatic carbocycles. The van der Waals surface area contributed by atoms with Crippen LogP contribution < -0.4 is 14.8 Å². The summed E-state index contributed by atoms with van der Waals surface area (Å²) in [6, 6.07) is 15.0. The van der Waals surface area contributed by atoms with Gasteiger partial charge in [-0.3, -0.25) is 5.32 Å². The predicted molar refractivity (Wildman–Crippen MR) is 136 cm³/mol. The van der Waals surface area contributed by atoms with Crippen LogP contribution in [0.15, 0.2) is 54.6 Å². The molecular weight excluding hydrogens is 483 g/mol. The van der Waals surface area contributed by atoms with Gasteiger partial charge in [0.05, 0.1) is 10.2 Å². The molecule has 2 N–H and O–H groups in total. The Labute approximate surface area is 211 Å². The molecule has 7 nitrogen and oxygen atoms in total. The lowest BCUT2D eigenvalue weighted by Crippen LogP contribution is -2.27. The number of hydrogen-bond donors (Lipinski definition) is 2.